The highest BCUT2D eigenvalue weighted by Crippen LogP contribution is 2.19. The van der Waals surface area contributed by atoms with E-state index < -0.39 is 0 Å². The van der Waals surface area contributed by atoms with E-state index in [-0.39, 0.29) is 0 Å². The molecule has 0 radical (unpaired) electrons. The molecule has 1 aromatic heterocycles. The second-order valence-electron chi connectivity index (χ2n) is 3.84. The summed E-state index contributed by atoms with van der Waals surface area (Å²) in [5, 5.41) is 15.3. The molecule has 18 heavy (non-hydrogen) atoms. The quantitative estimate of drug-likeness (QED) is 0.813. The van der Waals surface area contributed by atoms with Crippen molar-refractivity contribution in [2.45, 2.75) is 0 Å². The van der Waals surface area contributed by atoms with Crippen molar-refractivity contribution >= 4 is 17.4 Å². The molecule has 1 heterocycles. The van der Waals surface area contributed by atoms with Gasteiger partial charge in [0.15, 0.2) is 0 Å². The number of benzene rings is 1. The van der Waals surface area contributed by atoms with Crippen LogP contribution in [0.3, 0.4) is 0 Å². The highest BCUT2D eigenvalue weighted by atomic mass is 35.5. The van der Waals surface area contributed by atoms with Crippen LogP contribution in [0.25, 0.3) is 11.3 Å². The molecule has 0 aliphatic carbocycles. The first-order valence-corrected chi connectivity index (χ1v) is 6.15. The van der Waals surface area contributed by atoms with Crippen LogP contribution in [0.1, 0.15) is 0 Å². The summed E-state index contributed by atoms with van der Waals surface area (Å²) in [6.45, 7) is 1.71. The van der Waals surface area contributed by atoms with Gasteiger partial charge in [-0.05, 0) is 31.3 Å². The molecule has 0 saturated carbocycles. The minimum absolute atomic E-state index is 0.720. The molecule has 2 rings (SSSR count). The van der Waals surface area contributed by atoms with E-state index in [1.54, 1.807) is 0 Å². The van der Waals surface area contributed by atoms with Crippen molar-refractivity contribution in [2.75, 3.05) is 25.5 Å². The van der Waals surface area contributed by atoms with Crippen molar-refractivity contribution in [3.8, 4) is 11.3 Å². The Morgan fingerprint density at radius 3 is 2.39 bits per heavy atom. The summed E-state index contributed by atoms with van der Waals surface area (Å²) in [6, 6.07) is 11.4. The fourth-order valence-electron chi connectivity index (χ4n) is 1.52. The largest absolute Gasteiger partial charge is 0.367 e. The van der Waals surface area contributed by atoms with E-state index in [2.05, 4.69) is 20.8 Å². The molecule has 0 aliphatic heterocycles. The fraction of sp³-hybridized carbons (Fsp3) is 0.231. The van der Waals surface area contributed by atoms with Gasteiger partial charge >= 0.3 is 0 Å². The fourth-order valence-corrected chi connectivity index (χ4v) is 1.64. The Morgan fingerprint density at radius 2 is 1.78 bits per heavy atom. The van der Waals surface area contributed by atoms with Crippen LogP contribution in [-0.4, -0.2) is 30.3 Å². The SMILES string of the molecule is CNCCNc1ccc(-c2ccc(Cl)cc2)nn1. The molecule has 0 unspecified atom stereocenters. The van der Waals surface area contributed by atoms with E-state index in [0.717, 1.165) is 35.2 Å². The summed E-state index contributed by atoms with van der Waals surface area (Å²) in [6.07, 6.45) is 0. The van der Waals surface area contributed by atoms with Gasteiger partial charge in [-0.15, -0.1) is 10.2 Å². The summed E-state index contributed by atoms with van der Waals surface area (Å²) in [7, 11) is 1.91. The lowest BCUT2D eigenvalue weighted by Crippen LogP contribution is -2.18. The first-order valence-electron chi connectivity index (χ1n) is 5.78. The van der Waals surface area contributed by atoms with E-state index in [9.17, 15) is 0 Å². The van der Waals surface area contributed by atoms with Crippen molar-refractivity contribution < 1.29 is 0 Å². The van der Waals surface area contributed by atoms with Gasteiger partial charge in [-0.2, -0.15) is 0 Å². The predicted molar refractivity (Wildman–Crippen MR) is 74.9 cm³/mol. The highest BCUT2D eigenvalue weighted by molar-refractivity contribution is 6.30. The summed E-state index contributed by atoms with van der Waals surface area (Å²) in [5.74, 6) is 0.781. The average Bonchev–Trinajstić information content (AvgIpc) is 2.41. The monoisotopic (exact) mass is 262 g/mol. The number of hydrogen-bond acceptors (Lipinski definition) is 4. The van der Waals surface area contributed by atoms with Gasteiger partial charge in [-0.1, -0.05) is 23.7 Å². The van der Waals surface area contributed by atoms with E-state index >= 15 is 0 Å². The van der Waals surface area contributed by atoms with Crippen LogP contribution in [-0.2, 0) is 0 Å². The number of halogens is 1. The molecule has 2 N–H and O–H groups in total. The van der Waals surface area contributed by atoms with Crippen molar-refractivity contribution in [2.24, 2.45) is 0 Å². The van der Waals surface area contributed by atoms with Crippen LogP contribution >= 0.6 is 11.6 Å². The number of rotatable bonds is 5. The highest BCUT2D eigenvalue weighted by Gasteiger charge is 2.00. The molecule has 5 heteroatoms. The van der Waals surface area contributed by atoms with Gasteiger partial charge in [0.25, 0.3) is 0 Å². The van der Waals surface area contributed by atoms with Gasteiger partial charge in [0.1, 0.15) is 5.82 Å². The van der Waals surface area contributed by atoms with Crippen LogP contribution in [0.4, 0.5) is 5.82 Å². The average molecular weight is 263 g/mol. The number of nitrogens with zero attached hydrogens (tertiary/aromatic N) is 2. The Labute approximate surface area is 111 Å². The van der Waals surface area contributed by atoms with Crippen LogP contribution in [0.2, 0.25) is 5.02 Å². The maximum absolute atomic E-state index is 5.84. The minimum Gasteiger partial charge on any atom is -0.367 e. The maximum Gasteiger partial charge on any atom is 0.148 e. The summed E-state index contributed by atoms with van der Waals surface area (Å²) >= 11 is 5.84. The van der Waals surface area contributed by atoms with Crippen molar-refractivity contribution in [3.05, 3.63) is 41.4 Å². The third-order valence-electron chi connectivity index (χ3n) is 2.49. The molecule has 0 atom stereocenters. The Bertz CT molecular complexity index is 481. The van der Waals surface area contributed by atoms with E-state index in [1.165, 1.54) is 0 Å². The van der Waals surface area contributed by atoms with E-state index in [1.807, 2.05) is 43.4 Å². The Hall–Kier alpha value is -1.65. The van der Waals surface area contributed by atoms with E-state index in [0.29, 0.717) is 0 Å². The second-order valence-corrected chi connectivity index (χ2v) is 4.28. The zero-order chi connectivity index (χ0) is 12.8. The molecular formula is C13H15ClN4. The Kier molecular flexibility index (Phi) is 4.50. The first-order chi connectivity index (χ1) is 8.79. The van der Waals surface area contributed by atoms with Gasteiger partial charge in [0.05, 0.1) is 5.69 Å². The number of aromatic nitrogens is 2. The summed E-state index contributed by atoms with van der Waals surface area (Å²) in [5.41, 5.74) is 1.85. The summed E-state index contributed by atoms with van der Waals surface area (Å²) < 4.78 is 0. The third kappa shape index (κ3) is 3.42. The molecule has 0 bridgehead atoms. The zero-order valence-corrected chi connectivity index (χ0v) is 10.9. The van der Waals surface area contributed by atoms with Gasteiger partial charge < -0.3 is 10.6 Å². The number of likely N-dealkylation sites (N-methyl/N-ethyl adjacent to an activating group) is 1. The van der Waals surface area contributed by atoms with Gasteiger partial charge in [0.2, 0.25) is 0 Å². The molecule has 4 nitrogen and oxygen atoms in total. The molecule has 0 amide bonds. The van der Waals surface area contributed by atoms with Crippen molar-refractivity contribution in [1.82, 2.24) is 15.5 Å². The molecular weight excluding hydrogens is 248 g/mol. The topological polar surface area (TPSA) is 49.8 Å². The molecule has 0 saturated heterocycles. The van der Waals surface area contributed by atoms with Crippen molar-refractivity contribution in [1.29, 1.82) is 0 Å². The predicted octanol–water partition coefficient (Wildman–Crippen LogP) is 2.43. The molecule has 0 aliphatic rings. The van der Waals surface area contributed by atoms with E-state index in [4.69, 9.17) is 11.6 Å². The lowest BCUT2D eigenvalue weighted by molar-refractivity contribution is 0.818. The van der Waals surface area contributed by atoms with Gasteiger partial charge in [-0.3, -0.25) is 0 Å². The molecule has 0 spiro atoms. The number of hydrogen-bond donors (Lipinski definition) is 2. The van der Waals surface area contributed by atoms with Crippen LogP contribution in [0.5, 0.6) is 0 Å². The lowest BCUT2D eigenvalue weighted by Gasteiger charge is -2.05. The number of nitrogens with one attached hydrogen (secondary N) is 2. The maximum atomic E-state index is 5.84. The lowest BCUT2D eigenvalue weighted by atomic mass is 10.1. The van der Waals surface area contributed by atoms with Crippen molar-refractivity contribution in [3.63, 3.8) is 0 Å². The van der Waals surface area contributed by atoms with Crippen LogP contribution in [0, 0.1) is 0 Å². The molecule has 0 fully saturated rings. The van der Waals surface area contributed by atoms with Gasteiger partial charge in [0, 0.05) is 23.7 Å². The summed E-state index contributed by atoms with van der Waals surface area (Å²) in [4.78, 5) is 0. The number of anilines is 1. The normalized spacial score (nSPS) is 10.3. The zero-order valence-electron chi connectivity index (χ0n) is 10.2. The van der Waals surface area contributed by atoms with Crippen LogP contribution in [0.15, 0.2) is 36.4 Å². The van der Waals surface area contributed by atoms with Crippen LogP contribution < -0.4 is 10.6 Å². The van der Waals surface area contributed by atoms with Gasteiger partial charge in [-0.25, -0.2) is 0 Å². The first kappa shape index (κ1) is 12.8. The Morgan fingerprint density at radius 1 is 1.00 bits per heavy atom. The smallest absolute Gasteiger partial charge is 0.148 e. The molecule has 1 aromatic carbocycles. The third-order valence-corrected chi connectivity index (χ3v) is 2.74. The standard InChI is InChI=1S/C13H15ClN4/c1-15-8-9-16-13-7-6-12(17-18-13)10-2-4-11(14)5-3-10/h2-7,15H,8-9H2,1H3,(H,16,18). The Balaban J connectivity index is 2.05. The second kappa shape index (κ2) is 6.33. The molecule has 94 valence electrons. The molecule has 2 aromatic rings. The minimum atomic E-state index is 0.720.